The predicted molar refractivity (Wildman–Crippen MR) is 103 cm³/mol. The van der Waals surface area contributed by atoms with Crippen molar-refractivity contribution in [1.82, 2.24) is 10.6 Å². The van der Waals surface area contributed by atoms with Crippen molar-refractivity contribution < 1.29 is 28.4 Å². The summed E-state index contributed by atoms with van der Waals surface area (Å²) in [6.45, 7) is 0.558. The van der Waals surface area contributed by atoms with Crippen LogP contribution in [-0.4, -0.2) is 44.0 Å². The summed E-state index contributed by atoms with van der Waals surface area (Å²) in [5, 5.41) is 16.6. The molecule has 0 aliphatic rings. The molecule has 2 N–H and O–H groups in total. The molecule has 1 heterocycles. The quantitative estimate of drug-likeness (QED) is 0.332. The molecule has 10 heteroatoms. The SMILES string of the molecule is COc1cc(CCNC(=O)CCCNC(=O)c2ccco2)c([N+](=O)[O-])cc1OC. The Hall–Kier alpha value is -3.56. The van der Waals surface area contributed by atoms with Crippen LogP contribution < -0.4 is 20.1 Å². The smallest absolute Gasteiger partial charge is 0.286 e. The second-order valence-corrected chi connectivity index (χ2v) is 6.03. The van der Waals surface area contributed by atoms with Gasteiger partial charge in [-0.05, 0) is 31.0 Å². The maximum absolute atomic E-state index is 11.9. The molecule has 0 saturated heterocycles. The zero-order valence-electron chi connectivity index (χ0n) is 16.2. The van der Waals surface area contributed by atoms with Crippen LogP contribution in [0.3, 0.4) is 0 Å². The van der Waals surface area contributed by atoms with Gasteiger partial charge in [0.25, 0.3) is 11.6 Å². The minimum atomic E-state index is -0.499. The number of nitro groups is 1. The molecule has 0 aliphatic carbocycles. The number of ether oxygens (including phenoxy) is 2. The van der Waals surface area contributed by atoms with Gasteiger partial charge in [-0.1, -0.05) is 0 Å². The average molecular weight is 405 g/mol. The predicted octanol–water partition coefficient (Wildman–Crippen LogP) is 2.07. The van der Waals surface area contributed by atoms with Gasteiger partial charge in [-0.25, -0.2) is 0 Å². The number of nitro benzene ring substituents is 1. The molecule has 2 rings (SSSR count). The molecule has 2 aromatic rings. The molecule has 0 unspecified atom stereocenters. The first kappa shape index (κ1) is 21.7. The number of rotatable bonds is 11. The number of hydrogen-bond donors (Lipinski definition) is 2. The molecule has 0 fully saturated rings. The first-order valence-electron chi connectivity index (χ1n) is 8.94. The lowest BCUT2D eigenvalue weighted by molar-refractivity contribution is -0.385. The summed E-state index contributed by atoms with van der Waals surface area (Å²) < 4.78 is 15.2. The van der Waals surface area contributed by atoms with Gasteiger partial charge in [-0.15, -0.1) is 0 Å². The summed E-state index contributed by atoms with van der Waals surface area (Å²) in [5.74, 6) is 0.317. The van der Waals surface area contributed by atoms with Crippen LogP contribution >= 0.6 is 0 Å². The topological polar surface area (TPSA) is 133 Å². The first-order valence-corrected chi connectivity index (χ1v) is 8.94. The average Bonchev–Trinajstić information content (AvgIpc) is 3.25. The number of hydrogen-bond acceptors (Lipinski definition) is 7. The maximum Gasteiger partial charge on any atom is 0.286 e. The third-order valence-electron chi connectivity index (χ3n) is 4.11. The van der Waals surface area contributed by atoms with Crippen LogP contribution in [0.15, 0.2) is 34.9 Å². The molecular formula is C19H23N3O7. The van der Waals surface area contributed by atoms with Gasteiger partial charge in [0.2, 0.25) is 5.91 Å². The highest BCUT2D eigenvalue weighted by molar-refractivity contribution is 5.91. The van der Waals surface area contributed by atoms with Crippen LogP contribution in [0, 0.1) is 10.1 Å². The van der Waals surface area contributed by atoms with Gasteiger partial charge in [0.15, 0.2) is 17.3 Å². The minimum Gasteiger partial charge on any atom is -0.493 e. The van der Waals surface area contributed by atoms with Gasteiger partial charge in [0.05, 0.1) is 31.5 Å². The van der Waals surface area contributed by atoms with Crippen LogP contribution in [0.25, 0.3) is 0 Å². The zero-order valence-corrected chi connectivity index (χ0v) is 16.2. The van der Waals surface area contributed by atoms with E-state index in [1.165, 1.54) is 32.6 Å². The number of methoxy groups -OCH3 is 2. The molecular weight excluding hydrogens is 382 g/mol. The zero-order chi connectivity index (χ0) is 21.2. The van der Waals surface area contributed by atoms with E-state index < -0.39 is 4.92 Å². The molecule has 0 aliphatic heterocycles. The van der Waals surface area contributed by atoms with Crippen LogP contribution in [-0.2, 0) is 11.2 Å². The van der Waals surface area contributed by atoms with E-state index in [9.17, 15) is 19.7 Å². The normalized spacial score (nSPS) is 10.3. The van der Waals surface area contributed by atoms with E-state index in [0.29, 0.717) is 24.3 Å². The van der Waals surface area contributed by atoms with E-state index in [0.717, 1.165) is 0 Å². The van der Waals surface area contributed by atoms with Crippen molar-refractivity contribution in [3.63, 3.8) is 0 Å². The van der Waals surface area contributed by atoms with Crippen LogP contribution in [0.4, 0.5) is 5.69 Å². The van der Waals surface area contributed by atoms with E-state index in [-0.39, 0.29) is 48.4 Å². The summed E-state index contributed by atoms with van der Waals surface area (Å²) in [4.78, 5) is 34.4. The van der Waals surface area contributed by atoms with E-state index >= 15 is 0 Å². The highest BCUT2D eigenvalue weighted by atomic mass is 16.6. The molecule has 156 valence electrons. The van der Waals surface area contributed by atoms with Gasteiger partial charge in [0, 0.05) is 25.1 Å². The third-order valence-corrected chi connectivity index (χ3v) is 4.11. The van der Waals surface area contributed by atoms with Crippen molar-refractivity contribution in [3.05, 3.63) is 52.0 Å². The second kappa shape index (κ2) is 10.7. The third kappa shape index (κ3) is 6.23. The van der Waals surface area contributed by atoms with Crippen molar-refractivity contribution in [1.29, 1.82) is 0 Å². The summed E-state index contributed by atoms with van der Waals surface area (Å²) >= 11 is 0. The standard InChI is InChI=1S/C19H23N3O7/c1-27-16-11-13(14(22(25)26)12-17(16)28-2)7-9-20-18(23)6-3-8-21-19(24)15-5-4-10-29-15/h4-5,10-12H,3,6-9H2,1-2H3,(H,20,23)(H,21,24). The van der Waals surface area contributed by atoms with Crippen molar-refractivity contribution in [2.45, 2.75) is 19.3 Å². The van der Waals surface area contributed by atoms with E-state index in [2.05, 4.69) is 10.6 Å². The van der Waals surface area contributed by atoms with Crippen LogP contribution in [0.1, 0.15) is 29.0 Å². The molecule has 0 saturated carbocycles. The Kier molecular flexibility index (Phi) is 8.01. The maximum atomic E-state index is 11.9. The highest BCUT2D eigenvalue weighted by Crippen LogP contribution is 2.34. The molecule has 10 nitrogen and oxygen atoms in total. The summed E-state index contributed by atoms with van der Waals surface area (Å²) in [6, 6.07) is 6.01. The minimum absolute atomic E-state index is 0.0995. The van der Waals surface area contributed by atoms with Gasteiger partial charge in [0.1, 0.15) is 0 Å². The number of carbonyl (C=O) groups excluding carboxylic acids is 2. The fourth-order valence-corrected chi connectivity index (χ4v) is 2.65. The number of carbonyl (C=O) groups is 2. The first-order chi connectivity index (χ1) is 14.0. The molecule has 29 heavy (non-hydrogen) atoms. The number of benzene rings is 1. The lowest BCUT2D eigenvalue weighted by Gasteiger charge is -2.11. The summed E-state index contributed by atoms with van der Waals surface area (Å²) in [6.07, 6.45) is 2.34. The monoisotopic (exact) mass is 405 g/mol. The molecule has 1 aromatic heterocycles. The number of amides is 2. The summed E-state index contributed by atoms with van der Waals surface area (Å²) in [5.41, 5.74) is 0.330. The number of nitrogens with zero attached hydrogens (tertiary/aromatic N) is 1. The van der Waals surface area contributed by atoms with Gasteiger partial charge in [-0.2, -0.15) is 0 Å². The van der Waals surface area contributed by atoms with Gasteiger partial charge in [-0.3, -0.25) is 19.7 Å². The highest BCUT2D eigenvalue weighted by Gasteiger charge is 2.19. The molecule has 0 radical (unpaired) electrons. The van der Waals surface area contributed by atoms with E-state index in [4.69, 9.17) is 13.9 Å². The van der Waals surface area contributed by atoms with Crippen molar-refractivity contribution in [2.75, 3.05) is 27.3 Å². The molecule has 0 bridgehead atoms. The molecule has 1 aromatic carbocycles. The van der Waals surface area contributed by atoms with Gasteiger partial charge >= 0.3 is 0 Å². The molecule has 0 spiro atoms. The fraction of sp³-hybridized carbons (Fsp3) is 0.368. The second-order valence-electron chi connectivity index (χ2n) is 6.03. The Labute approximate surface area is 167 Å². The van der Waals surface area contributed by atoms with Crippen molar-refractivity contribution in [2.24, 2.45) is 0 Å². The Balaban J connectivity index is 1.78. The lowest BCUT2D eigenvalue weighted by Crippen LogP contribution is -2.28. The Bertz CT molecular complexity index is 850. The largest absolute Gasteiger partial charge is 0.493 e. The number of furan rings is 1. The molecule has 0 atom stereocenters. The van der Waals surface area contributed by atoms with Gasteiger partial charge < -0.3 is 24.5 Å². The molecule has 2 amide bonds. The summed E-state index contributed by atoms with van der Waals surface area (Å²) in [7, 11) is 2.85. The van der Waals surface area contributed by atoms with Crippen molar-refractivity contribution in [3.8, 4) is 11.5 Å². The lowest BCUT2D eigenvalue weighted by atomic mass is 10.1. The van der Waals surface area contributed by atoms with Crippen molar-refractivity contribution >= 4 is 17.5 Å². The Morgan fingerprint density at radius 2 is 1.86 bits per heavy atom. The van der Waals surface area contributed by atoms with Crippen LogP contribution in [0.2, 0.25) is 0 Å². The number of nitrogens with one attached hydrogen (secondary N) is 2. The van der Waals surface area contributed by atoms with E-state index in [1.807, 2.05) is 0 Å². The Morgan fingerprint density at radius 1 is 1.14 bits per heavy atom. The Morgan fingerprint density at radius 3 is 2.48 bits per heavy atom. The van der Waals surface area contributed by atoms with Crippen LogP contribution in [0.5, 0.6) is 11.5 Å². The fourth-order valence-electron chi connectivity index (χ4n) is 2.65. The van der Waals surface area contributed by atoms with E-state index in [1.54, 1.807) is 12.1 Å².